The van der Waals surface area contributed by atoms with Crippen molar-refractivity contribution in [1.82, 2.24) is 5.32 Å². The van der Waals surface area contributed by atoms with Gasteiger partial charge in [0, 0.05) is 6.04 Å². The van der Waals surface area contributed by atoms with Gasteiger partial charge in [-0.1, -0.05) is 45.9 Å². The zero-order chi connectivity index (χ0) is 15.5. The summed E-state index contributed by atoms with van der Waals surface area (Å²) < 4.78 is 6.03. The van der Waals surface area contributed by atoms with Crippen LogP contribution in [-0.4, -0.2) is 19.2 Å². The lowest BCUT2D eigenvalue weighted by atomic mass is 9.98. The molecule has 2 nitrogen and oxygen atoms in total. The molecular formula is C19H33NO. The Balaban J connectivity index is 2.38. The summed E-state index contributed by atoms with van der Waals surface area (Å²) in [4.78, 5) is 0. The van der Waals surface area contributed by atoms with E-state index in [1.165, 1.54) is 24.8 Å². The fourth-order valence-corrected chi connectivity index (χ4v) is 2.55. The standard InChI is InChI=1S/C19H33NO/c1-5-14-20-17(7-3)11-10-15-21-19-13-9-8-12-18(19)16(4)6-2/h8-9,12-13,16-17,20H,5-7,10-11,14-15H2,1-4H3. The minimum atomic E-state index is 0.566. The Morgan fingerprint density at radius 2 is 1.86 bits per heavy atom. The SMILES string of the molecule is CCCNC(CC)CCCOc1ccccc1C(C)CC. The monoisotopic (exact) mass is 291 g/mol. The molecule has 2 heteroatoms. The third kappa shape index (κ3) is 6.52. The number of nitrogens with one attached hydrogen (secondary N) is 1. The molecule has 0 bridgehead atoms. The maximum Gasteiger partial charge on any atom is 0.122 e. The summed E-state index contributed by atoms with van der Waals surface area (Å²) in [5.41, 5.74) is 1.34. The molecule has 1 N–H and O–H groups in total. The largest absolute Gasteiger partial charge is 0.493 e. The summed E-state index contributed by atoms with van der Waals surface area (Å²) >= 11 is 0. The Labute approximate surface area is 131 Å². The molecule has 0 fully saturated rings. The van der Waals surface area contributed by atoms with Gasteiger partial charge in [-0.05, 0) is 56.2 Å². The predicted octanol–water partition coefficient (Wildman–Crippen LogP) is 5.14. The minimum absolute atomic E-state index is 0.566. The molecule has 0 amide bonds. The molecule has 0 aliphatic carbocycles. The number of ether oxygens (including phenoxy) is 1. The first kappa shape index (κ1) is 18.0. The van der Waals surface area contributed by atoms with E-state index in [1.807, 2.05) is 0 Å². The fourth-order valence-electron chi connectivity index (χ4n) is 2.55. The van der Waals surface area contributed by atoms with Gasteiger partial charge in [-0.2, -0.15) is 0 Å². The molecule has 0 saturated carbocycles. The van der Waals surface area contributed by atoms with Crippen molar-refractivity contribution < 1.29 is 4.74 Å². The van der Waals surface area contributed by atoms with Crippen LogP contribution in [0.3, 0.4) is 0 Å². The van der Waals surface area contributed by atoms with Gasteiger partial charge in [-0.25, -0.2) is 0 Å². The molecule has 21 heavy (non-hydrogen) atoms. The van der Waals surface area contributed by atoms with Crippen LogP contribution in [-0.2, 0) is 0 Å². The molecule has 0 heterocycles. The average molecular weight is 291 g/mol. The molecule has 0 aliphatic rings. The van der Waals surface area contributed by atoms with Gasteiger partial charge in [0.25, 0.3) is 0 Å². The van der Waals surface area contributed by atoms with E-state index in [9.17, 15) is 0 Å². The highest BCUT2D eigenvalue weighted by molar-refractivity contribution is 5.35. The molecule has 1 aromatic carbocycles. The number of hydrogen-bond donors (Lipinski definition) is 1. The van der Waals surface area contributed by atoms with Gasteiger partial charge in [0.2, 0.25) is 0 Å². The summed E-state index contributed by atoms with van der Waals surface area (Å²) in [6.07, 6.45) is 5.87. The van der Waals surface area contributed by atoms with Crippen LogP contribution in [0.2, 0.25) is 0 Å². The third-order valence-electron chi connectivity index (χ3n) is 4.19. The van der Waals surface area contributed by atoms with Gasteiger partial charge in [0.15, 0.2) is 0 Å². The van der Waals surface area contributed by atoms with Crippen LogP contribution in [0.1, 0.15) is 71.3 Å². The van der Waals surface area contributed by atoms with Crippen LogP contribution in [0.15, 0.2) is 24.3 Å². The predicted molar refractivity (Wildman–Crippen MR) is 92.2 cm³/mol. The smallest absolute Gasteiger partial charge is 0.122 e. The molecule has 0 saturated heterocycles. The van der Waals surface area contributed by atoms with Crippen molar-refractivity contribution in [3.63, 3.8) is 0 Å². The van der Waals surface area contributed by atoms with Crippen molar-refractivity contribution in [2.45, 2.75) is 71.8 Å². The lowest BCUT2D eigenvalue weighted by molar-refractivity contribution is 0.290. The van der Waals surface area contributed by atoms with E-state index in [4.69, 9.17) is 4.74 Å². The molecule has 2 atom stereocenters. The highest BCUT2D eigenvalue weighted by Gasteiger charge is 2.10. The van der Waals surface area contributed by atoms with E-state index < -0.39 is 0 Å². The number of rotatable bonds is 11. The molecule has 1 rings (SSSR count). The van der Waals surface area contributed by atoms with E-state index >= 15 is 0 Å². The maximum absolute atomic E-state index is 6.03. The second-order valence-electron chi connectivity index (χ2n) is 5.90. The van der Waals surface area contributed by atoms with Gasteiger partial charge in [-0.3, -0.25) is 0 Å². The topological polar surface area (TPSA) is 21.3 Å². The van der Waals surface area contributed by atoms with Crippen LogP contribution in [0.4, 0.5) is 0 Å². The Morgan fingerprint density at radius 3 is 2.52 bits per heavy atom. The summed E-state index contributed by atoms with van der Waals surface area (Å²) in [5, 5.41) is 3.60. The Morgan fingerprint density at radius 1 is 1.10 bits per heavy atom. The first-order valence-corrected chi connectivity index (χ1v) is 8.67. The second-order valence-corrected chi connectivity index (χ2v) is 5.90. The second kappa shape index (κ2) is 10.7. The van der Waals surface area contributed by atoms with E-state index in [1.54, 1.807) is 0 Å². The molecule has 0 aliphatic heterocycles. The molecule has 0 spiro atoms. The van der Waals surface area contributed by atoms with E-state index in [0.29, 0.717) is 12.0 Å². The van der Waals surface area contributed by atoms with Gasteiger partial charge in [-0.15, -0.1) is 0 Å². The Kier molecular flexibility index (Phi) is 9.16. The van der Waals surface area contributed by atoms with Gasteiger partial charge in [0.05, 0.1) is 6.61 Å². The summed E-state index contributed by atoms with van der Waals surface area (Å²) in [6, 6.07) is 9.11. The number of benzene rings is 1. The average Bonchev–Trinajstić information content (AvgIpc) is 2.53. The zero-order valence-electron chi connectivity index (χ0n) is 14.3. The van der Waals surface area contributed by atoms with Crippen molar-refractivity contribution in [3.05, 3.63) is 29.8 Å². The van der Waals surface area contributed by atoms with E-state index in [2.05, 4.69) is 57.3 Å². The molecule has 0 radical (unpaired) electrons. The summed E-state index contributed by atoms with van der Waals surface area (Å²) in [7, 11) is 0. The van der Waals surface area contributed by atoms with Crippen LogP contribution >= 0.6 is 0 Å². The molecule has 0 aromatic heterocycles. The van der Waals surface area contributed by atoms with Crippen molar-refractivity contribution in [3.8, 4) is 5.75 Å². The van der Waals surface area contributed by atoms with Gasteiger partial charge in [0.1, 0.15) is 5.75 Å². The quantitative estimate of drug-likeness (QED) is 0.570. The van der Waals surface area contributed by atoms with Crippen molar-refractivity contribution in [1.29, 1.82) is 0 Å². The molecule has 2 unspecified atom stereocenters. The lowest BCUT2D eigenvalue weighted by Crippen LogP contribution is -2.29. The number of hydrogen-bond acceptors (Lipinski definition) is 2. The molecule has 1 aromatic rings. The highest BCUT2D eigenvalue weighted by atomic mass is 16.5. The van der Waals surface area contributed by atoms with Crippen LogP contribution in [0.25, 0.3) is 0 Å². The van der Waals surface area contributed by atoms with E-state index in [-0.39, 0.29) is 0 Å². The van der Waals surface area contributed by atoms with Crippen molar-refractivity contribution in [2.24, 2.45) is 0 Å². The minimum Gasteiger partial charge on any atom is -0.493 e. The van der Waals surface area contributed by atoms with Crippen LogP contribution in [0, 0.1) is 0 Å². The summed E-state index contributed by atoms with van der Waals surface area (Å²) in [5.74, 6) is 1.64. The fraction of sp³-hybridized carbons (Fsp3) is 0.684. The normalized spacial score (nSPS) is 13.9. The molecule has 120 valence electrons. The van der Waals surface area contributed by atoms with Gasteiger partial charge >= 0.3 is 0 Å². The maximum atomic E-state index is 6.03. The lowest BCUT2D eigenvalue weighted by Gasteiger charge is -2.18. The van der Waals surface area contributed by atoms with Crippen molar-refractivity contribution in [2.75, 3.05) is 13.2 Å². The third-order valence-corrected chi connectivity index (χ3v) is 4.19. The van der Waals surface area contributed by atoms with E-state index in [0.717, 1.165) is 31.7 Å². The summed E-state index contributed by atoms with van der Waals surface area (Å²) in [6.45, 7) is 10.9. The Hall–Kier alpha value is -1.02. The van der Waals surface area contributed by atoms with Gasteiger partial charge < -0.3 is 10.1 Å². The van der Waals surface area contributed by atoms with Crippen LogP contribution in [0.5, 0.6) is 5.75 Å². The first-order valence-electron chi connectivity index (χ1n) is 8.67. The zero-order valence-corrected chi connectivity index (χ0v) is 14.3. The number of para-hydroxylation sites is 1. The van der Waals surface area contributed by atoms with Crippen molar-refractivity contribution >= 4 is 0 Å². The molecular weight excluding hydrogens is 258 g/mol. The highest BCUT2D eigenvalue weighted by Crippen LogP contribution is 2.28. The Bertz CT molecular complexity index is 378. The van der Waals surface area contributed by atoms with Crippen LogP contribution < -0.4 is 10.1 Å². The first-order chi connectivity index (χ1) is 10.2.